The second kappa shape index (κ2) is 7.66. The van der Waals surface area contributed by atoms with Gasteiger partial charge in [-0.2, -0.15) is 0 Å². The number of hydrogen-bond donors (Lipinski definition) is 0. The maximum Gasteiger partial charge on any atom is 0.368 e. The van der Waals surface area contributed by atoms with Crippen molar-refractivity contribution in [1.29, 1.82) is 0 Å². The summed E-state index contributed by atoms with van der Waals surface area (Å²) in [4.78, 5) is 30.9. The third kappa shape index (κ3) is 5.32. The third-order valence-corrected chi connectivity index (χ3v) is 4.21. The number of hydrogen-bond acceptors (Lipinski definition) is 4. The van der Waals surface area contributed by atoms with Gasteiger partial charge in [0, 0.05) is 0 Å². The molecule has 0 heterocycles. The maximum atomic E-state index is 11.1. The van der Waals surface area contributed by atoms with Crippen LogP contribution in [0.1, 0.15) is 26.7 Å². The molecule has 0 aliphatic carbocycles. The molecule has 0 aromatic heterocycles. The Morgan fingerprint density at radius 2 is 1.29 bits per heavy atom. The molecule has 6 heteroatoms. The quantitative estimate of drug-likeness (QED) is 0.300. The molecule has 0 rings (SSSR count). The molecule has 0 fully saturated rings. The van der Waals surface area contributed by atoms with Crippen LogP contribution in [0, 0.1) is 0 Å². The first kappa shape index (κ1) is 14.4. The summed E-state index contributed by atoms with van der Waals surface area (Å²) in [5.41, 5.74) is 0. The predicted molar refractivity (Wildman–Crippen MR) is 68.4 cm³/mol. The van der Waals surface area contributed by atoms with E-state index in [1.807, 2.05) is 59.0 Å². The summed E-state index contributed by atoms with van der Waals surface area (Å²) in [5.74, 6) is -1.03. The minimum absolute atomic E-state index is 0.269. The predicted octanol–water partition coefficient (Wildman–Crippen LogP) is 2.42. The summed E-state index contributed by atoms with van der Waals surface area (Å²) < 4.78 is -0.538. The lowest BCUT2D eigenvalue weighted by Crippen LogP contribution is -2.22. The molecule has 4 nitrogen and oxygen atoms in total. The molecule has 14 heavy (non-hydrogen) atoms. The van der Waals surface area contributed by atoms with Gasteiger partial charge in [0.25, 0.3) is 0 Å². The van der Waals surface area contributed by atoms with Crippen molar-refractivity contribution >= 4 is 57.1 Å². The van der Waals surface area contributed by atoms with E-state index in [4.69, 9.17) is 0 Å². The van der Waals surface area contributed by atoms with E-state index in [1.165, 1.54) is 0 Å². The number of alkyl halides is 2. The number of carbonyl (C=O) groups is 2. The van der Waals surface area contributed by atoms with Crippen molar-refractivity contribution in [2.24, 2.45) is 0 Å². The van der Waals surface area contributed by atoms with E-state index >= 15 is 0 Å². The normalized spacial score (nSPS) is 14.3. The lowest BCUT2D eigenvalue weighted by Gasteiger charge is -2.07. The molecule has 82 valence electrons. The number of rotatable bonds is 4. The van der Waals surface area contributed by atoms with Crippen LogP contribution < -0.4 is 0 Å². The monoisotopic (exact) mass is 426 g/mol. The van der Waals surface area contributed by atoms with Gasteiger partial charge in [-0.15, -0.1) is 0 Å². The topological polar surface area (TPSA) is 52.6 Å². The van der Waals surface area contributed by atoms with Crippen molar-refractivity contribution in [1.82, 2.24) is 0 Å². The van der Waals surface area contributed by atoms with E-state index in [2.05, 4.69) is 9.78 Å². The zero-order valence-corrected chi connectivity index (χ0v) is 12.3. The molecule has 0 amide bonds. The minimum atomic E-state index is -0.513. The molecule has 0 spiro atoms. The fourth-order valence-corrected chi connectivity index (χ4v) is 0.727. The maximum absolute atomic E-state index is 11.1. The van der Waals surface area contributed by atoms with Crippen LogP contribution in [0.3, 0.4) is 0 Å². The first-order valence-corrected chi connectivity index (χ1v) is 6.72. The average Bonchev–Trinajstić information content (AvgIpc) is 2.22. The van der Waals surface area contributed by atoms with E-state index in [1.54, 1.807) is 0 Å². The Balaban J connectivity index is 3.83. The molecule has 2 unspecified atom stereocenters. The molecular weight excluding hydrogens is 414 g/mol. The second-order valence-electron chi connectivity index (χ2n) is 2.56. The summed E-state index contributed by atoms with van der Waals surface area (Å²) in [7, 11) is 0. The molecule has 0 bridgehead atoms. The molecule has 0 aliphatic rings. The molecule has 0 aliphatic heterocycles. The highest BCUT2D eigenvalue weighted by Crippen LogP contribution is 2.10. The average molecular weight is 426 g/mol. The number of carbonyl (C=O) groups excluding carboxylic acids is 2. The second-order valence-corrected chi connectivity index (χ2v) is 5.56. The van der Waals surface area contributed by atoms with E-state index in [0.717, 1.165) is 0 Å². The van der Waals surface area contributed by atoms with Gasteiger partial charge in [-0.1, -0.05) is 59.0 Å². The van der Waals surface area contributed by atoms with E-state index in [-0.39, 0.29) is 7.85 Å². The van der Waals surface area contributed by atoms with Crippen molar-refractivity contribution in [3.05, 3.63) is 0 Å². The Hall–Kier alpha value is 0.400. The fourth-order valence-electron chi connectivity index (χ4n) is 0.520. The highest BCUT2D eigenvalue weighted by Gasteiger charge is 2.20. The Bertz CT molecular complexity index is 186. The zero-order chi connectivity index (χ0) is 11.1. The van der Waals surface area contributed by atoms with Gasteiger partial charge in [0.2, 0.25) is 0 Å². The van der Waals surface area contributed by atoms with E-state index < -0.39 is 11.9 Å². The van der Waals surface area contributed by atoms with Crippen molar-refractivity contribution in [2.45, 2.75) is 34.5 Å². The SMILES string of the molecule is CCC(I)C(=O)OOC(=O)C(I)CC. The van der Waals surface area contributed by atoms with Crippen LogP contribution >= 0.6 is 45.2 Å². The Kier molecular flexibility index (Phi) is 7.88. The van der Waals surface area contributed by atoms with Gasteiger partial charge in [0.15, 0.2) is 0 Å². The lowest BCUT2D eigenvalue weighted by molar-refractivity contribution is -0.257. The number of halogens is 2. The van der Waals surface area contributed by atoms with Crippen LogP contribution in [0.15, 0.2) is 0 Å². The molecule has 2 atom stereocenters. The van der Waals surface area contributed by atoms with Gasteiger partial charge in [-0.25, -0.2) is 19.4 Å². The molecule has 0 aromatic carbocycles. The van der Waals surface area contributed by atoms with E-state index in [9.17, 15) is 9.59 Å². The van der Waals surface area contributed by atoms with Crippen molar-refractivity contribution in [3.8, 4) is 0 Å². The van der Waals surface area contributed by atoms with E-state index in [0.29, 0.717) is 12.8 Å². The summed E-state index contributed by atoms with van der Waals surface area (Å²) in [5, 5.41) is 0. The van der Waals surface area contributed by atoms with Crippen LogP contribution in [-0.2, 0) is 19.4 Å². The standard InChI is InChI=1S/C8H12I2O4/c1-3-5(9)7(11)13-14-8(12)6(10)4-2/h5-6H,3-4H2,1-2H3. The Morgan fingerprint density at radius 1 is 1.00 bits per heavy atom. The first-order valence-electron chi connectivity index (χ1n) is 4.23. The van der Waals surface area contributed by atoms with Gasteiger partial charge < -0.3 is 0 Å². The van der Waals surface area contributed by atoms with Crippen LogP contribution in [0.25, 0.3) is 0 Å². The van der Waals surface area contributed by atoms with Gasteiger partial charge >= 0.3 is 11.9 Å². The summed E-state index contributed by atoms with van der Waals surface area (Å²) in [6.07, 6.45) is 1.30. The lowest BCUT2D eigenvalue weighted by atomic mass is 10.3. The summed E-state index contributed by atoms with van der Waals surface area (Å²) in [6, 6.07) is 0. The fraction of sp³-hybridized carbons (Fsp3) is 0.750. The Morgan fingerprint density at radius 3 is 1.50 bits per heavy atom. The molecule has 0 N–H and O–H groups in total. The third-order valence-electron chi connectivity index (χ3n) is 1.43. The highest BCUT2D eigenvalue weighted by atomic mass is 127. The van der Waals surface area contributed by atoms with Crippen LogP contribution in [0.2, 0.25) is 0 Å². The summed E-state index contributed by atoms with van der Waals surface area (Å²) >= 11 is 3.87. The molecule has 0 saturated carbocycles. The first-order chi connectivity index (χ1) is 6.52. The van der Waals surface area contributed by atoms with Gasteiger partial charge in [0.1, 0.15) is 7.85 Å². The largest absolute Gasteiger partial charge is 0.368 e. The van der Waals surface area contributed by atoms with Crippen LogP contribution in [0.4, 0.5) is 0 Å². The molecule has 0 radical (unpaired) electrons. The summed E-state index contributed by atoms with van der Waals surface area (Å²) in [6.45, 7) is 3.71. The smallest absolute Gasteiger partial charge is 0.246 e. The molecular formula is C8H12I2O4. The van der Waals surface area contributed by atoms with Gasteiger partial charge in [0.05, 0.1) is 0 Å². The van der Waals surface area contributed by atoms with Crippen LogP contribution in [-0.4, -0.2) is 19.8 Å². The minimum Gasteiger partial charge on any atom is -0.246 e. The van der Waals surface area contributed by atoms with Gasteiger partial charge in [-0.05, 0) is 12.8 Å². The van der Waals surface area contributed by atoms with Gasteiger partial charge in [-0.3, -0.25) is 0 Å². The van der Waals surface area contributed by atoms with Crippen LogP contribution in [0.5, 0.6) is 0 Å². The Labute approximate surface area is 110 Å². The highest BCUT2D eigenvalue weighted by molar-refractivity contribution is 14.1. The molecule has 0 aromatic rings. The van der Waals surface area contributed by atoms with Crippen molar-refractivity contribution < 1.29 is 19.4 Å². The van der Waals surface area contributed by atoms with Crippen molar-refractivity contribution in [2.75, 3.05) is 0 Å². The van der Waals surface area contributed by atoms with Crippen molar-refractivity contribution in [3.63, 3.8) is 0 Å². The zero-order valence-electron chi connectivity index (χ0n) is 7.96. The molecule has 0 saturated heterocycles.